The van der Waals surface area contributed by atoms with E-state index in [1.54, 1.807) is 12.1 Å². The molecule has 1 aliphatic carbocycles. The van der Waals surface area contributed by atoms with E-state index in [-0.39, 0.29) is 12.0 Å². The number of nitrogens with zero attached hydrogens (tertiary/aromatic N) is 3. The minimum absolute atomic E-state index is 0.140. The molecule has 2 N–H and O–H groups in total. The summed E-state index contributed by atoms with van der Waals surface area (Å²) in [6.07, 6.45) is 5.34. The number of nitriles is 1. The molecule has 33 heavy (non-hydrogen) atoms. The fourth-order valence-corrected chi connectivity index (χ4v) is 4.73. The van der Waals surface area contributed by atoms with Gasteiger partial charge < -0.3 is 10.6 Å². The van der Waals surface area contributed by atoms with E-state index in [4.69, 9.17) is 22.6 Å². The number of benzene rings is 2. The predicted octanol–water partition coefficient (Wildman–Crippen LogP) is 5.88. The van der Waals surface area contributed by atoms with E-state index < -0.39 is 0 Å². The Morgan fingerprint density at radius 2 is 1.91 bits per heavy atom. The summed E-state index contributed by atoms with van der Waals surface area (Å²) in [5.41, 5.74) is 7.35. The summed E-state index contributed by atoms with van der Waals surface area (Å²) in [4.78, 5) is 0. The molecule has 3 aromatic rings. The molecule has 6 heteroatoms. The molecule has 1 heterocycles. The van der Waals surface area contributed by atoms with Crippen molar-refractivity contribution in [3.05, 3.63) is 88.8 Å². The second-order valence-electron chi connectivity index (χ2n) is 8.87. The van der Waals surface area contributed by atoms with Gasteiger partial charge >= 0.3 is 0 Å². The van der Waals surface area contributed by atoms with Gasteiger partial charge in [0.15, 0.2) is 5.11 Å². The van der Waals surface area contributed by atoms with Crippen molar-refractivity contribution in [1.29, 1.82) is 5.26 Å². The van der Waals surface area contributed by atoms with Crippen LogP contribution in [0.25, 0.3) is 5.69 Å². The van der Waals surface area contributed by atoms with Crippen LogP contribution in [-0.4, -0.2) is 20.9 Å². The highest BCUT2D eigenvalue weighted by Gasteiger charge is 2.26. The zero-order valence-electron chi connectivity index (χ0n) is 19.5. The number of hydrogen-bond donors (Lipinski definition) is 2. The SMILES string of the molecule is Cc1nn(-c2ccc(C(C)C)cc2)c(C)c1[C@@H]1C=C[C@@H](NC(=S)Nc2cccc(C#N)c2)C1. The summed E-state index contributed by atoms with van der Waals surface area (Å²) in [6, 6.07) is 18.3. The highest BCUT2D eigenvalue weighted by molar-refractivity contribution is 7.80. The molecule has 0 saturated heterocycles. The molecule has 168 valence electrons. The molecule has 0 aliphatic heterocycles. The van der Waals surface area contributed by atoms with Gasteiger partial charge in [0.2, 0.25) is 0 Å². The van der Waals surface area contributed by atoms with Crippen molar-refractivity contribution in [3.63, 3.8) is 0 Å². The number of aromatic nitrogens is 2. The van der Waals surface area contributed by atoms with Crippen LogP contribution in [0.3, 0.4) is 0 Å². The first-order chi connectivity index (χ1) is 15.9. The fourth-order valence-electron chi connectivity index (χ4n) is 4.47. The average molecular weight is 456 g/mol. The van der Waals surface area contributed by atoms with Gasteiger partial charge in [-0.3, -0.25) is 0 Å². The third kappa shape index (κ3) is 4.99. The van der Waals surface area contributed by atoms with Crippen LogP contribution in [0.4, 0.5) is 5.69 Å². The lowest BCUT2D eigenvalue weighted by molar-refractivity contribution is 0.656. The second-order valence-corrected chi connectivity index (χ2v) is 9.28. The fraction of sp³-hybridized carbons (Fsp3) is 0.296. The van der Waals surface area contributed by atoms with E-state index in [9.17, 15) is 0 Å². The van der Waals surface area contributed by atoms with Crippen LogP contribution in [0.5, 0.6) is 0 Å². The molecule has 0 saturated carbocycles. The molecule has 0 fully saturated rings. The van der Waals surface area contributed by atoms with Crippen LogP contribution in [-0.2, 0) is 0 Å². The average Bonchev–Trinajstić information content (AvgIpc) is 3.36. The summed E-state index contributed by atoms with van der Waals surface area (Å²) in [5.74, 6) is 0.801. The molecule has 0 radical (unpaired) electrons. The number of allylic oxidation sites excluding steroid dienone is 1. The van der Waals surface area contributed by atoms with Gasteiger partial charge in [0.1, 0.15) is 0 Å². The Balaban J connectivity index is 1.43. The monoisotopic (exact) mass is 455 g/mol. The Labute approximate surface area is 201 Å². The van der Waals surface area contributed by atoms with Crippen molar-refractivity contribution in [2.75, 3.05) is 5.32 Å². The van der Waals surface area contributed by atoms with Crippen molar-refractivity contribution in [2.45, 2.75) is 52.0 Å². The third-order valence-corrected chi connectivity index (χ3v) is 6.39. The van der Waals surface area contributed by atoms with Gasteiger partial charge in [-0.25, -0.2) is 4.68 Å². The van der Waals surface area contributed by atoms with Crippen molar-refractivity contribution in [1.82, 2.24) is 15.1 Å². The number of hydrogen-bond acceptors (Lipinski definition) is 3. The molecular formula is C27H29N5S. The van der Waals surface area contributed by atoms with Gasteiger partial charge in [-0.1, -0.05) is 44.2 Å². The minimum atomic E-state index is 0.140. The Kier molecular flexibility index (Phi) is 6.62. The Hall–Kier alpha value is -3.43. The minimum Gasteiger partial charge on any atom is -0.356 e. The lowest BCUT2D eigenvalue weighted by Gasteiger charge is -2.17. The number of aryl methyl sites for hydroxylation is 1. The van der Waals surface area contributed by atoms with Crippen LogP contribution in [0.2, 0.25) is 0 Å². The molecule has 2 atom stereocenters. The molecule has 1 aromatic heterocycles. The molecular weight excluding hydrogens is 426 g/mol. The van der Waals surface area contributed by atoms with E-state index in [1.165, 1.54) is 16.8 Å². The largest absolute Gasteiger partial charge is 0.356 e. The topological polar surface area (TPSA) is 65.7 Å². The number of nitrogens with one attached hydrogen (secondary N) is 2. The molecule has 0 unspecified atom stereocenters. The Bertz CT molecular complexity index is 1230. The lowest BCUT2D eigenvalue weighted by Crippen LogP contribution is -2.35. The van der Waals surface area contributed by atoms with Crippen molar-refractivity contribution >= 4 is 23.0 Å². The first-order valence-electron chi connectivity index (χ1n) is 11.3. The molecule has 1 aliphatic rings. The van der Waals surface area contributed by atoms with E-state index in [0.717, 1.165) is 23.5 Å². The lowest BCUT2D eigenvalue weighted by atomic mass is 9.96. The van der Waals surface area contributed by atoms with Crippen molar-refractivity contribution < 1.29 is 0 Å². The summed E-state index contributed by atoms with van der Waals surface area (Å²) in [7, 11) is 0. The molecule has 2 aromatic carbocycles. The van der Waals surface area contributed by atoms with Gasteiger partial charge in [-0.05, 0) is 74.3 Å². The highest BCUT2D eigenvalue weighted by Crippen LogP contribution is 2.34. The van der Waals surface area contributed by atoms with E-state index >= 15 is 0 Å². The summed E-state index contributed by atoms with van der Waals surface area (Å²) >= 11 is 5.50. The zero-order chi connectivity index (χ0) is 23.5. The molecule has 4 rings (SSSR count). The van der Waals surface area contributed by atoms with Crippen LogP contribution >= 0.6 is 12.2 Å². The predicted molar refractivity (Wildman–Crippen MR) is 138 cm³/mol. The summed E-state index contributed by atoms with van der Waals surface area (Å²) < 4.78 is 2.05. The highest BCUT2D eigenvalue weighted by atomic mass is 32.1. The van der Waals surface area contributed by atoms with Crippen molar-refractivity contribution in [2.24, 2.45) is 0 Å². The van der Waals surface area contributed by atoms with Gasteiger partial charge in [0.25, 0.3) is 0 Å². The number of thiocarbonyl (C=S) groups is 1. The van der Waals surface area contributed by atoms with Gasteiger partial charge in [-0.2, -0.15) is 10.4 Å². The van der Waals surface area contributed by atoms with Crippen molar-refractivity contribution in [3.8, 4) is 11.8 Å². The van der Waals surface area contributed by atoms with E-state index in [0.29, 0.717) is 16.6 Å². The normalized spacial score (nSPS) is 17.2. The molecule has 0 amide bonds. The quantitative estimate of drug-likeness (QED) is 0.371. The van der Waals surface area contributed by atoms with Crippen LogP contribution < -0.4 is 10.6 Å². The Morgan fingerprint density at radius 3 is 2.61 bits per heavy atom. The molecule has 5 nitrogen and oxygen atoms in total. The van der Waals surface area contributed by atoms with Gasteiger partial charge in [0, 0.05) is 28.9 Å². The molecule has 0 spiro atoms. The maximum atomic E-state index is 9.07. The van der Waals surface area contributed by atoms with Crippen LogP contribution in [0, 0.1) is 25.2 Å². The van der Waals surface area contributed by atoms with E-state index in [1.807, 2.05) is 12.1 Å². The van der Waals surface area contributed by atoms with Gasteiger partial charge in [-0.15, -0.1) is 0 Å². The van der Waals surface area contributed by atoms with Crippen LogP contribution in [0.15, 0.2) is 60.7 Å². The summed E-state index contributed by atoms with van der Waals surface area (Å²) in [6.45, 7) is 8.65. The zero-order valence-corrected chi connectivity index (χ0v) is 20.3. The first-order valence-corrected chi connectivity index (χ1v) is 11.7. The number of rotatable bonds is 5. The smallest absolute Gasteiger partial charge is 0.171 e. The van der Waals surface area contributed by atoms with Gasteiger partial charge in [0.05, 0.1) is 23.0 Å². The third-order valence-electron chi connectivity index (χ3n) is 6.17. The molecule has 0 bridgehead atoms. The van der Waals surface area contributed by atoms with E-state index in [2.05, 4.69) is 85.5 Å². The summed E-state index contributed by atoms with van der Waals surface area (Å²) in [5, 5.41) is 21.0. The second kappa shape index (κ2) is 9.60. The van der Waals surface area contributed by atoms with Crippen LogP contribution in [0.1, 0.15) is 60.2 Å². The number of anilines is 1. The Morgan fingerprint density at radius 1 is 1.15 bits per heavy atom. The standard InChI is InChI=1S/C27H29N5S/c1-17(2)21-9-12-25(13-10-21)32-19(4)26(18(3)31-32)22-8-11-24(15-22)30-27(33)29-23-7-5-6-20(14-23)16-28/h5-14,17,22,24H,15H2,1-4H3,(H2,29,30,33)/t22-,24-/m1/s1. The maximum absolute atomic E-state index is 9.07. The first kappa shape index (κ1) is 22.8. The maximum Gasteiger partial charge on any atom is 0.171 e.